The molecule has 2 aromatic carbocycles. The molecule has 2 rings (SSSR count). The highest BCUT2D eigenvalue weighted by Crippen LogP contribution is 2.14. The van der Waals surface area contributed by atoms with Crippen molar-refractivity contribution in [3.8, 4) is 0 Å². The third-order valence-electron chi connectivity index (χ3n) is 3.56. The molecule has 0 aliphatic rings. The molecule has 0 radical (unpaired) electrons. The van der Waals surface area contributed by atoms with Gasteiger partial charge >= 0.3 is 0 Å². The van der Waals surface area contributed by atoms with E-state index in [2.05, 4.69) is 31.2 Å². The van der Waals surface area contributed by atoms with E-state index in [1.165, 1.54) is 11.1 Å². The second-order valence-electron chi connectivity index (χ2n) is 5.29. The molecule has 0 atom stereocenters. The maximum atomic E-state index is 11.7. The number of hydrogen-bond donors (Lipinski definition) is 1. The van der Waals surface area contributed by atoms with Gasteiger partial charge in [0, 0.05) is 12.0 Å². The largest absolute Gasteiger partial charge is 0.366 e. The van der Waals surface area contributed by atoms with Crippen molar-refractivity contribution >= 4 is 12.0 Å². The Hall–Kier alpha value is -2.35. The minimum atomic E-state index is -0.366. The standard InChI is InChI=1S/C19H21NO/c1-3-15-8-10-17(11-9-15)13-18(19(20)21)12-16-6-4-14(2)5-7-16/h4-12H,3,13H2,1-2H3,(H2,20,21). The molecule has 0 unspecified atom stereocenters. The lowest BCUT2D eigenvalue weighted by Crippen LogP contribution is -2.15. The fourth-order valence-electron chi connectivity index (χ4n) is 2.19. The zero-order valence-electron chi connectivity index (χ0n) is 12.6. The van der Waals surface area contributed by atoms with Crippen molar-refractivity contribution in [1.29, 1.82) is 0 Å². The van der Waals surface area contributed by atoms with Crippen LogP contribution in [0.2, 0.25) is 0 Å². The van der Waals surface area contributed by atoms with Crippen LogP contribution in [0.25, 0.3) is 6.08 Å². The van der Waals surface area contributed by atoms with Gasteiger partial charge in [0.25, 0.3) is 0 Å². The molecule has 0 fully saturated rings. The monoisotopic (exact) mass is 279 g/mol. The van der Waals surface area contributed by atoms with Crippen LogP contribution < -0.4 is 5.73 Å². The molecule has 0 aromatic heterocycles. The van der Waals surface area contributed by atoms with Crippen molar-refractivity contribution in [3.63, 3.8) is 0 Å². The Morgan fingerprint density at radius 3 is 2.10 bits per heavy atom. The summed E-state index contributed by atoms with van der Waals surface area (Å²) in [5, 5.41) is 0. The van der Waals surface area contributed by atoms with Gasteiger partial charge in [-0.3, -0.25) is 4.79 Å². The molecule has 2 aromatic rings. The first-order chi connectivity index (χ1) is 10.1. The topological polar surface area (TPSA) is 43.1 Å². The lowest BCUT2D eigenvalue weighted by atomic mass is 10.00. The Morgan fingerprint density at radius 2 is 1.57 bits per heavy atom. The summed E-state index contributed by atoms with van der Waals surface area (Å²) in [6, 6.07) is 16.4. The Kier molecular flexibility index (Phi) is 4.94. The van der Waals surface area contributed by atoms with Gasteiger partial charge in [0.1, 0.15) is 0 Å². The number of benzene rings is 2. The highest BCUT2D eigenvalue weighted by atomic mass is 16.1. The lowest BCUT2D eigenvalue weighted by Gasteiger charge is -2.06. The first-order valence-electron chi connectivity index (χ1n) is 7.23. The number of rotatable bonds is 5. The van der Waals surface area contributed by atoms with Crippen LogP contribution in [-0.2, 0) is 17.6 Å². The van der Waals surface area contributed by atoms with Gasteiger partial charge in [-0.05, 0) is 36.1 Å². The minimum Gasteiger partial charge on any atom is -0.366 e. The first-order valence-corrected chi connectivity index (χ1v) is 7.23. The Morgan fingerprint density at radius 1 is 1.00 bits per heavy atom. The number of carbonyl (C=O) groups excluding carboxylic acids is 1. The molecule has 0 spiro atoms. The Bertz CT molecular complexity index is 636. The summed E-state index contributed by atoms with van der Waals surface area (Å²) in [4.78, 5) is 11.7. The molecule has 0 saturated carbocycles. The van der Waals surface area contributed by atoms with E-state index in [4.69, 9.17) is 5.73 Å². The SMILES string of the molecule is CCc1ccc(CC(=Cc2ccc(C)cc2)C(N)=O)cc1. The maximum Gasteiger partial charge on any atom is 0.244 e. The highest BCUT2D eigenvalue weighted by molar-refractivity contribution is 5.97. The summed E-state index contributed by atoms with van der Waals surface area (Å²) in [5.74, 6) is -0.366. The second-order valence-corrected chi connectivity index (χ2v) is 5.29. The van der Waals surface area contributed by atoms with E-state index in [1.807, 2.05) is 37.3 Å². The number of hydrogen-bond acceptors (Lipinski definition) is 1. The average Bonchev–Trinajstić information content (AvgIpc) is 2.49. The Balaban J connectivity index is 2.22. The zero-order valence-corrected chi connectivity index (χ0v) is 12.6. The normalized spacial score (nSPS) is 11.4. The van der Waals surface area contributed by atoms with Gasteiger partial charge in [-0.15, -0.1) is 0 Å². The molecule has 0 saturated heterocycles. The van der Waals surface area contributed by atoms with E-state index in [1.54, 1.807) is 0 Å². The van der Waals surface area contributed by atoms with Crippen LogP contribution in [-0.4, -0.2) is 5.91 Å². The molecule has 2 nitrogen and oxygen atoms in total. The minimum absolute atomic E-state index is 0.366. The molecule has 2 N–H and O–H groups in total. The predicted molar refractivity (Wildman–Crippen MR) is 87.9 cm³/mol. The summed E-state index contributed by atoms with van der Waals surface area (Å²) >= 11 is 0. The lowest BCUT2D eigenvalue weighted by molar-refractivity contribution is -0.114. The van der Waals surface area contributed by atoms with E-state index in [0.717, 1.165) is 17.5 Å². The summed E-state index contributed by atoms with van der Waals surface area (Å²) in [5.41, 5.74) is 10.7. The molecule has 108 valence electrons. The number of aryl methyl sites for hydroxylation is 2. The molecule has 0 bridgehead atoms. The number of nitrogens with two attached hydrogens (primary N) is 1. The van der Waals surface area contributed by atoms with Gasteiger partial charge in [-0.1, -0.05) is 61.0 Å². The third kappa shape index (κ3) is 4.32. The maximum absolute atomic E-state index is 11.7. The smallest absolute Gasteiger partial charge is 0.244 e. The molecule has 21 heavy (non-hydrogen) atoms. The summed E-state index contributed by atoms with van der Waals surface area (Å²) in [6.45, 7) is 4.17. The summed E-state index contributed by atoms with van der Waals surface area (Å²) in [6.07, 6.45) is 3.45. The second kappa shape index (κ2) is 6.89. The first kappa shape index (κ1) is 15.0. The van der Waals surface area contributed by atoms with Crippen molar-refractivity contribution < 1.29 is 4.79 Å². The molecule has 2 heteroatoms. The van der Waals surface area contributed by atoms with Crippen molar-refractivity contribution in [2.24, 2.45) is 5.73 Å². The molecular weight excluding hydrogens is 258 g/mol. The number of carbonyl (C=O) groups is 1. The van der Waals surface area contributed by atoms with Crippen LogP contribution in [0.4, 0.5) is 0 Å². The molecule has 0 heterocycles. The van der Waals surface area contributed by atoms with E-state index < -0.39 is 0 Å². The van der Waals surface area contributed by atoms with Crippen LogP contribution in [0.1, 0.15) is 29.2 Å². The zero-order chi connectivity index (χ0) is 15.2. The van der Waals surface area contributed by atoms with Gasteiger partial charge in [0.15, 0.2) is 0 Å². The van der Waals surface area contributed by atoms with Gasteiger partial charge in [-0.25, -0.2) is 0 Å². The fraction of sp³-hybridized carbons (Fsp3) is 0.211. The van der Waals surface area contributed by atoms with Crippen molar-refractivity contribution in [2.45, 2.75) is 26.7 Å². The molecule has 0 aliphatic heterocycles. The third-order valence-corrected chi connectivity index (χ3v) is 3.56. The molecule has 1 amide bonds. The number of amides is 1. The van der Waals surface area contributed by atoms with Crippen LogP contribution in [0.5, 0.6) is 0 Å². The van der Waals surface area contributed by atoms with Crippen LogP contribution in [0.3, 0.4) is 0 Å². The molecule has 0 aliphatic carbocycles. The van der Waals surface area contributed by atoms with Crippen molar-refractivity contribution in [2.75, 3.05) is 0 Å². The van der Waals surface area contributed by atoms with Crippen LogP contribution in [0.15, 0.2) is 54.1 Å². The van der Waals surface area contributed by atoms with Gasteiger partial charge in [-0.2, -0.15) is 0 Å². The van der Waals surface area contributed by atoms with Crippen LogP contribution in [0, 0.1) is 6.92 Å². The van der Waals surface area contributed by atoms with Crippen LogP contribution >= 0.6 is 0 Å². The quantitative estimate of drug-likeness (QED) is 0.834. The van der Waals surface area contributed by atoms with Gasteiger partial charge in [0.05, 0.1) is 0 Å². The summed E-state index contributed by atoms with van der Waals surface area (Å²) in [7, 11) is 0. The summed E-state index contributed by atoms with van der Waals surface area (Å²) < 4.78 is 0. The van der Waals surface area contributed by atoms with E-state index >= 15 is 0 Å². The van der Waals surface area contributed by atoms with Crippen molar-refractivity contribution in [1.82, 2.24) is 0 Å². The van der Waals surface area contributed by atoms with E-state index in [-0.39, 0.29) is 5.91 Å². The van der Waals surface area contributed by atoms with Crippen molar-refractivity contribution in [3.05, 3.63) is 76.4 Å². The highest BCUT2D eigenvalue weighted by Gasteiger charge is 2.07. The predicted octanol–water partition coefficient (Wildman–Crippen LogP) is 3.67. The van der Waals surface area contributed by atoms with Gasteiger partial charge in [0.2, 0.25) is 5.91 Å². The van der Waals surface area contributed by atoms with E-state index in [9.17, 15) is 4.79 Å². The van der Waals surface area contributed by atoms with Gasteiger partial charge < -0.3 is 5.73 Å². The fourth-order valence-corrected chi connectivity index (χ4v) is 2.19. The molecular formula is C19H21NO. The van der Waals surface area contributed by atoms with E-state index in [0.29, 0.717) is 12.0 Å². The average molecular weight is 279 g/mol. The number of primary amides is 1. The Labute approximate surface area is 126 Å².